The molecule has 4 N–H and O–H groups in total. The van der Waals surface area contributed by atoms with Gasteiger partial charge >= 0.3 is 6.09 Å². The summed E-state index contributed by atoms with van der Waals surface area (Å²) in [7, 11) is 0. The van der Waals surface area contributed by atoms with Crippen molar-refractivity contribution in [3.63, 3.8) is 0 Å². The first kappa shape index (κ1) is 28.2. The van der Waals surface area contributed by atoms with Crippen LogP contribution in [0, 0.1) is 0 Å². The Morgan fingerprint density at radius 3 is 1.48 bits per heavy atom. The molecule has 0 aliphatic carbocycles. The van der Waals surface area contributed by atoms with E-state index in [-0.39, 0.29) is 6.04 Å². The molecule has 29 heavy (non-hydrogen) atoms. The zero-order chi connectivity index (χ0) is 21.6. The third kappa shape index (κ3) is 20.2. The summed E-state index contributed by atoms with van der Waals surface area (Å²) in [6, 6.07) is -0.312. The average Bonchev–Trinajstić information content (AvgIpc) is 2.69. The Labute approximate surface area is 180 Å². The van der Waals surface area contributed by atoms with Crippen molar-refractivity contribution in [2.75, 3.05) is 6.61 Å². The normalized spacial score (nSPS) is 13.3. The molecule has 0 saturated heterocycles. The Hall–Kier alpha value is -0.810. The summed E-state index contributed by atoms with van der Waals surface area (Å²) < 4.78 is 10.6. The molecule has 0 saturated carbocycles. The number of rotatable bonds is 22. The van der Waals surface area contributed by atoms with Crippen molar-refractivity contribution in [3.05, 3.63) is 0 Å². The van der Waals surface area contributed by atoms with Gasteiger partial charge in [0, 0.05) is 0 Å². The van der Waals surface area contributed by atoms with Gasteiger partial charge in [-0.25, -0.2) is 4.79 Å². The van der Waals surface area contributed by atoms with Crippen molar-refractivity contribution in [3.8, 4) is 0 Å². The van der Waals surface area contributed by atoms with Crippen molar-refractivity contribution in [1.82, 2.24) is 0 Å². The van der Waals surface area contributed by atoms with Crippen molar-refractivity contribution in [2.24, 2.45) is 11.5 Å². The summed E-state index contributed by atoms with van der Waals surface area (Å²) in [5.74, 6) is 0. The SMILES string of the molecule is CCCCCCCCCCCCCCCCCCOC(OC(N)=O)C(N)CCC. The number of carbonyl (C=O) groups is 1. The predicted molar refractivity (Wildman–Crippen MR) is 123 cm³/mol. The third-order valence-electron chi connectivity index (χ3n) is 5.48. The van der Waals surface area contributed by atoms with Crippen LogP contribution in [-0.4, -0.2) is 25.0 Å². The second-order valence-electron chi connectivity index (χ2n) is 8.43. The summed E-state index contributed by atoms with van der Waals surface area (Å²) in [6.45, 7) is 4.88. The monoisotopic (exact) mass is 414 g/mol. The smallest absolute Gasteiger partial charge is 0.406 e. The first-order valence-electron chi connectivity index (χ1n) is 12.4. The number of primary amides is 1. The quantitative estimate of drug-likeness (QED) is 0.150. The van der Waals surface area contributed by atoms with Crippen LogP contribution in [0.4, 0.5) is 4.79 Å². The molecule has 174 valence electrons. The summed E-state index contributed by atoms with van der Waals surface area (Å²) in [4.78, 5) is 11.0. The molecular formula is C24H50N2O3. The highest BCUT2D eigenvalue weighted by Gasteiger charge is 2.20. The maximum absolute atomic E-state index is 11.0. The van der Waals surface area contributed by atoms with Crippen molar-refractivity contribution in [1.29, 1.82) is 0 Å². The van der Waals surface area contributed by atoms with E-state index in [0.717, 1.165) is 25.7 Å². The van der Waals surface area contributed by atoms with Crippen LogP contribution in [0.25, 0.3) is 0 Å². The zero-order valence-electron chi connectivity index (χ0n) is 19.5. The lowest BCUT2D eigenvalue weighted by Crippen LogP contribution is -2.41. The van der Waals surface area contributed by atoms with E-state index >= 15 is 0 Å². The van der Waals surface area contributed by atoms with Crippen LogP contribution in [-0.2, 0) is 9.47 Å². The number of carbonyl (C=O) groups excluding carboxylic acids is 1. The largest absolute Gasteiger partial charge is 0.418 e. The van der Waals surface area contributed by atoms with Gasteiger partial charge in [-0.3, -0.25) is 0 Å². The van der Waals surface area contributed by atoms with Gasteiger partial charge in [-0.1, -0.05) is 117 Å². The molecule has 0 aliphatic rings. The Morgan fingerprint density at radius 2 is 1.10 bits per heavy atom. The fraction of sp³-hybridized carbons (Fsp3) is 0.958. The van der Waals surface area contributed by atoms with Crippen LogP contribution in [0.3, 0.4) is 0 Å². The fourth-order valence-corrected chi connectivity index (χ4v) is 3.68. The fourth-order valence-electron chi connectivity index (χ4n) is 3.68. The Morgan fingerprint density at radius 1 is 0.690 bits per heavy atom. The molecule has 0 heterocycles. The van der Waals surface area contributed by atoms with Crippen LogP contribution in [0.15, 0.2) is 0 Å². The first-order valence-corrected chi connectivity index (χ1v) is 12.4. The van der Waals surface area contributed by atoms with E-state index in [1.807, 2.05) is 6.92 Å². The molecule has 5 heteroatoms. The predicted octanol–water partition coefficient (Wildman–Crippen LogP) is 6.81. The minimum absolute atomic E-state index is 0.312. The second kappa shape index (κ2) is 21.9. The Kier molecular flexibility index (Phi) is 21.3. The van der Waals surface area contributed by atoms with Crippen molar-refractivity contribution in [2.45, 2.75) is 142 Å². The lowest BCUT2D eigenvalue weighted by atomic mass is 10.0. The van der Waals surface area contributed by atoms with Gasteiger partial charge in [0.2, 0.25) is 6.29 Å². The van der Waals surface area contributed by atoms with Gasteiger partial charge in [0.15, 0.2) is 0 Å². The first-order chi connectivity index (χ1) is 14.1. The van der Waals surface area contributed by atoms with Gasteiger partial charge in [0.25, 0.3) is 0 Å². The van der Waals surface area contributed by atoms with Crippen molar-refractivity contribution < 1.29 is 14.3 Å². The zero-order valence-corrected chi connectivity index (χ0v) is 19.5. The van der Waals surface area contributed by atoms with Gasteiger partial charge < -0.3 is 20.9 Å². The molecule has 0 fully saturated rings. The number of amides is 1. The van der Waals surface area contributed by atoms with E-state index < -0.39 is 12.4 Å². The van der Waals surface area contributed by atoms with E-state index in [4.69, 9.17) is 20.9 Å². The highest BCUT2D eigenvalue weighted by Crippen LogP contribution is 2.14. The number of nitrogens with two attached hydrogens (primary N) is 2. The number of hydrogen-bond acceptors (Lipinski definition) is 4. The van der Waals surface area contributed by atoms with E-state index in [0.29, 0.717) is 6.61 Å². The number of unbranched alkanes of at least 4 members (excludes halogenated alkanes) is 15. The summed E-state index contributed by atoms with van der Waals surface area (Å²) >= 11 is 0. The molecule has 0 aromatic heterocycles. The average molecular weight is 415 g/mol. The highest BCUT2D eigenvalue weighted by atomic mass is 16.7. The summed E-state index contributed by atoms with van der Waals surface area (Å²) in [5.41, 5.74) is 11.1. The Balaban J connectivity index is 3.38. The topological polar surface area (TPSA) is 87.6 Å². The lowest BCUT2D eigenvalue weighted by molar-refractivity contribution is -0.117. The summed E-state index contributed by atoms with van der Waals surface area (Å²) in [6.07, 6.45) is 21.6. The minimum Gasteiger partial charge on any atom is -0.418 e. The molecule has 1 amide bonds. The maximum atomic E-state index is 11.0. The molecule has 2 atom stereocenters. The molecule has 0 aromatic rings. The van der Waals surface area contributed by atoms with Crippen LogP contribution in [0.5, 0.6) is 0 Å². The van der Waals surface area contributed by atoms with Crippen LogP contribution in [0.1, 0.15) is 129 Å². The van der Waals surface area contributed by atoms with Crippen LogP contribution >= 0.6 is 0 Å². The molecule has 0 aromatic carbocycles. The lowest BCUT2D eigenvalue weighted by Gasteiger charge is -2.23. The second-order valence-corrected chi connectivity index (χ2v) is 8.43. The van der Waals surface area contributed by atoms with Crippen LogP contribution < -0.4 is 11.5 Å². The molecule has 0 spiro atoms. The number of ether oxygens (including phenoxy) is 2. The maximum Gasteiger partial charge on any atom is 0.406 e. The molecule has 5 nitrogen and oxygen atoms in total. The van der Waals surface area contributed by atoms with Crippen molar-refractivity contribution >= 4 is 6.09 Å². The molecule has 2 unspecified atom stereocenters. The van der Waals surface area contributed by atoms with Gasteiger partial charge in [0.05, 0.1) is 12.6 Å². The van der Waals surface area contributed by atoms with Gasteiger partial charge in [-0.05, 0) is 12.8 Å². The Bertz CT molecular complexity index is 353. The van der Waals surface area contributed by atoms with Gasteiger partial charge in [-0.15, -0.1) is 0 Å². The standard InChI is InChI=1S/C24H50N2O3/c1-3-5-6-7-8-9-10-11-12-13-14-15-16-17-18-19-21-28-23(29-24(26)27)22(25)20-4-2/h22-23H,3-21,25H2,1-2H3,(H2,26,27). The van der Waals surface area contributed by atoms with Gasteiger partial charge in [-0.2, -0.15) is 0 Å². The number of hydrogen-bond donors (Lipinski definition) is 2. The van der Waals surface area contributed by atoms with E-state index in [1.54, 1.807) is 0 Å². The molecule has 0 rings (SSSR count). The molecule has 0 radical (unpaired) electrons. The highest BCUT2D eigenvalue weighted by molar-refractivity contribution is 5.64. The molecule has 0 bridgehead atoms. The summed E-state index contributed by atoms with van der Waals surface area (Å²) in [5, 5.41) is 0. The van der Waals surface area contributed by atoms with E-state index in [2.05, 4.69) is 6.92 Å². The molecule has 0 aliphatic heterocycles. The minimum atomic E-state index is -0.825. The van der Waals surface area contributed by atoms with Crippen LogP contribution in [0.2, 0.25) is 0 Å². The third-order valence-corrected chi connectivity index (χ3v) is 5.48. The van der Waals surface area contributed by atoms with Gasteiger partial charge in [0.1, 0.15) is 0 Å². The van der Waals surface area contributed by atoms with E-state index in [9.17, 15) is 4.79 Å². The van der Waals surface area contributed by atoms with E-state index in [1.165, 1.54) is 89.9 Å². The molecular weight excluding hydrogens is 364 g/mol.